The molecule has 1 atom stereocenters. The lowest BCUT2D eigenvalue weighted by molar-refractivity contribution is -0.131. The van der Waals surface area contributed by atoms with Crippen LogP contribution in [0.25, 0.3) is 0 Å². The smallest absolute Gasteiger partial charge is 0.328 e. The maximum absolute atomic E-state index is 11.4. The monoisotopic (exact) mass is 297 g/mol. The minimum Gasteiger partial charge on any atom is -0.478 e. The number of carbonyl (C=O) groups is 2. The van der Waals surface area contributed by atoms with Gasteiger partial charge in [-0.1, -0.05) is 12.1 Å². The number of hydrogen-bond acceptors (Lipinski definition) is 4. The molecule has 0 aromatic heterocycles. The summed E-state index contributed by atoms with van der Waals surface area (Å²) in [6.07, 6.45) is 2.78. The first-order valence-corrected chi connectivity index (χ1v) is 7.61. The van der Waals surface area contributed by atoms with Crippen molar-refractivity contribution in [2.45, 2.75) is 17.9 Å². The van der Waals surface area contributed by atoms with Crippen LogP contribution in [0.1, 0.15) is 18.5 Å². The first-order valence-electron chi connectivity index (χ1n) is 5.71. The van der Waals surface area contributed by atoms with Crippen LogP contribution < -0.4 is 5.32 Å². The van der Waals surface area contributed by atoms with Gasteiger partial charge in [-0.25, -0.2) is 13.2 Å². The first-order chi connectivity index (χ1) is 9.20. The van der Waals surface area contributed by atoms with Gasteiger partial charge >= 0.3 is 5.97 Å². The third kappa shape index (κ3) is 4.85. The number of nitrogens with one attached hydrogen (secondary N) is 1. The largest absolute Gasteiger partial charge is 0.478 e. The molecule has 0 aliphatic heterocycles. The molecule has 0 saturated heterocycles. The van der Waals surface area contributed by atoms with E-state index in [9.17, 15) is 18.0 Å². The molecule has 1 unspecified atom stereocenters. The normalized spacial score (nSPS) is 13.1. The Hall–Kier alpha value is -2.15. The topological polar surface area (TPSA) is 101 Å². The lowest BCUT2D eigenvalue weighted by atomic mass is 10.1. The predicted molar refractivity (Wildman–Crippen MR) is 72.9 cm³/mol. The molecule has 2 N–H and O–H groups in total. The van der Waals surface area contributed by atoms with Crippen LogP contribution in [-0.2, 0) is 19.4 Å². The summed E-state index contributed by atoms with van der Waals surface area (Å²) in [7, 11) is -3.25. The van der Waals surface area contributed by atoms with Gasteiger partial charge in [-0.3, -0.25) is 4.79 Å². The molecule has 1 aromatic rings. The van der Waals surface area contributed by atoms with Gasteiger partial charge < -0.3 is 10.4 Å². The highest BCUT2D eigenvalue weighted by molar-refractivity contribution is 7.90. The van der Waals surface area contributed by atoms with E-state index >= 15 is 0 Å². The highest BCUT2D eigenvalue weighted by Gasteiger charge is 2.10. The van der Waals surface area contributed by atoms with E-state index in [2.05, 4.69) is 5.32 Å². The Morgan fingerprint density at radius 1 is 1.20 bits per heavy atom. The Bertz CT molecular complexity index is 631. The third-order valence-electron chi connectivity index (χ3n) is 2.54. The molecule has 1 amide bonds. The second kappa shape index (κ2) is 6.33. The quantitative estimate of drug-likeness (QED) is 0.787. The average molecular weight is 297 g/mol. The molecule has 108 valence electrons. The molecule has 20 heavy (non-hydrogen) atoms. The van der Waals surface area contributed by atoms with Crippen molar-refractivity contribution >= 4 is 21.7 Å². The molecule has 0 radical (unpaired) electrons. The van der Waals surface area contributed by atoms with Crippen molar-refractivity contribution in [3.05, 3.63) is 42.0 Å². The fraction of sp³-hybridized carbons (Fsp3) is 0.231. The zero-order chi connectivity index (χ0) is 15.3. The van der Waals surface area contributed by atoms with Crippen LogP contribution in [0.4, 0.5) is 0 Å². The number of amides is 1. The molecule has 0 aliphatic rings. The van der Waals surface area contributed by atoms with Gasteiger partial charge in [0.15, 0.2) is 9.84 Å². The third-order valence-corrected chi connectivity index (χ3v) is 3.67. The van der Waals surface area contributed by atoms with Crippen molar-refractivity contribution < 1.29 is 23.1 Å². The van der Waals surface area contributed by atoms with Crippen molar-refractivity contribution in [1.82, 2.24) is 5.32 Å². The van der Waals surface area contributed by atoms with Crippen molar-refractivity contribution in [2.75, 3.05) is 6.26 Å². The minimum absolute atomic E-state index is 0.200. The lowest BCUT2D eigenvalue weighted by Gasteiger charge is -2.13. The number of sulfone groups is 1. The van der Waals surface area contributed by atoms with Gasteiger partial charge in [0.25, 0.3) is 0 Å². The number of rotatable bonds is 5. The van der Waals surface area contributed by atoms with E-state index in [1.807, 2.05) is 0 Å². The molecular weight excluding hydrogens is 282 g/mol. The highest BCUT2D eigenvalue weighted by Crippen LogP contribution is 2.16. The van der Waals surface area contributed by atoms with E-state index in [4.69, 9.17) is 5.11 Å². The number of benzene rings is 1. The summed E-state index contributed by atoms with van der Waals surface area (Å²) in [6.45, 7) is 1.71. The molecule has 0 spiro atoms. The second-order valence-electron chi connectivity index (χ2n) is 4.24. The van der Waals surface area contributed by atoms with Crippen LogP contribution in [0.15, 0.2) is 41.3 Å². The average Bonchev–Trinajstić information content (AvgIpc) is 2.35. The summed E-state index contributed by atoms with van der Waals surface area (Å²) < 4.78 is 22.6. The van der Waals surface area contributed by atoms with E-state index < -0.39 is 21.7 Å². The zero-order valence-electron chi connectivity index (χ0n) is 11.0. The van der Waals surface area contributed by atoms with Gasteiger partial charge in [-0.05, 0) is 24.6 Å². The van der Waals surface area contributed by atoms with Crippen LogP contribution in [0.2, 0.25) is 0 Å². The van der Waals surface area contributed by atoms with E-state index in [1.165, 1.54) is 12.1 Å². The molecular formula is C13H15NO5S. The number of hydrogen-bond donors (Lipinski definition) is 2. The Morgan fingerprint density at radius 3 is 2.20 bits per heavy atom. The summed E-state index contributed by atoms with van der Waals surface area (Å²) in [4.78, 5) is 21.9. The lowest BCUT2D eigenvalue weighted by Crippen LogP contribution is -2.24. The summed E-state index contributed by atoms with van der Waals surface area (Å²) in [5.41, 5.74) is 0.717. The molecule has 7 heteroatoms. The number of carbonyl (C=O) groups excluding carboxylic acids is 1. The summed E-state index contributed by atoms with van der Waals surface area (Å²) >= 11 is 0. The Balaban J connectivity index is 2.76. The minimum atomic E-state index is -3.25. The number of aliphatic carboxylic acids is 1. The molecule has 0 saturated carbocycles. The van der Waals surface area contributed by atoms with Gasteiger partial charge in [0.2, 0.25) is 5.91 Å². The Kier molecular flexibility index (Phi) is 5.04. The van der Waals surface area contributed by atoms with Crippen molar-refractivity contribution in [3.63, 3.8) is 0 Å². The zero-order valence-corrected chi connectivity index (χ0v) is 11.8. The fourth-order valence-corrected chi connectivity index (χ4v) is 2.13. The molecule has 1 aromatic carbocycles. The van der Waals surface area contributed by atoms with Crippen LogP contribution in [0.3, 0.4) is 0 Å². The Labute approximate surface area is 117 Å². The maximum atomic E-state index is 11.4. The summed E-state index contributed by atoms with van der Waals surface area (Å²) in [5, 5.41) is 11.0. The standard InChI is InChI=1S/C13H15NO5S/c1-9(14-12(15)7-8-13(16)17)10-3-5-11(6-4-10)20(2,18)19/h3-9H,1-2H3,(H,14,15)(H,16,17)/b8-7+. The first kappa shape index (κ1) is 15.9. The van der Waals surface area contributed by atoms with E-state index in [0.717, 1.165) is 24.0 Å². The SMILES string of the molecule is CC(NC(=O)/C=C/C(=O)O)c1ccc(S(C)(=O)=O)cc1. The van der Waals surface area contributed by atoms with Crippen molar-refractivity contribution in [3.8, 4) is 0 Å². The Morgan fingerprint density at radius 2 is 1.75 bits per heavy atom. The van der Waals surface area contributed by atoms with E-state index in [1.54, 1.807) is 19.1 Å². The molecule has 0 fully saturated rings. The highest BCUT2D eigenvalue weighted by atomic mass is 32.2. The summed E-state index contributed by atoms with van der Waals surface area (Å²) in [6, 6.07) is 5.75. The van der Waals surface area contributed by atoms with Crippen LogP contribution >= 0.6 is 0 Å². The molecule has 0 bridgehead atoms. The van der Waals surface area contributed by atoms with E-state index in [0.29, 0.717) is 0 Å². The maximum Gasteiger partial charge on any atom is 0.328 e. The van der Waals surface area contributed by atoms with Crippen LogP contribution in [-0.4, -0.2) is 31.7 Å². The van der Waals surface area contributed by atoms with Gasteiger partial charge in [-0.2, -0.15) is 0 Å². The van der Waals surface area contributed by atoms with Crippen LogP contribution in [0, 0.1) is 0 Å². The van der Waals surface area contributed by atoms with E-state index in [-0.39, 0.29) is 10.9 Å². The number of carboxylic acids is 1. The molecule has 0 heterocycles. The van der Waals surface area contributed by atoms with Crippen molar-refractivity contribution in [1.29, 1.82) is 0 Å². The fourth-order valence-electron chi connectivity index (χ4n) is 1.50. The number of carboxylic acid groups (broad SMARTS) is 1. The van der Waals surface area contributed by atoms with Crippen LogP contribution in [0.5, 0.6) is 0 Å². The molecule has 0 aliphatic carbocycles. The van der Waals surface area contributed by atoms with Crippen molar-refractivity contribution in [2.24, 2.45) is 0 Å². The predicted octanol–water partition coefficient (Wildman–Crippen LogP) is 0.908. The molecule has 1 rings (SSSR count). The van der Waals surface area contributed by atoms with Gasteiger partial charge in [0, 0.05) is 18.4 Å². The molecule has 6 nitrogen and oxygen atoms in total. The van der Waals surface area contributed by atoms with Gasteiger partial charge in [0.05, 0.1) is 10.9 Å². The second-order valence-corrected chi connectivity index (χ2v) is 6.26. The van der Waals surface area contributed by atoms with Gasteiger partial charge in [-0.15, -0.1) is 0 Å². The van der Waals surface area contributed by atoms with Gasteiger partial charge in [0.1, 0.15) is 0 Å². The summed E-state index contributed by atoms with van der Waals surface area (Å²) in [5.74, 6) is -1.74.